The van der Waals surface area contributed by atoms with Gasteiger partial charge in [0.15, 0.2) is 11.5 Å². The number of hydrogen-bond donors (Lipinski definition) is 1. The van der Waals surface area contributed by atoms with E-state index >= 15 is 0 Å². The van der Waals surface area contributed by atoms with E-state index in [9.17, 15) is 19.1 Å². The van der Waals surface area contributed by atoms with Crippen LogP contribution in [0.5, 0.6) is 5.75 Å². The minimum Gasteiger partial charge on any atom is -0.497 e. The molecule has 1 fully saturated rings. The fourth-order valence-corrected chi connectivity index (χ4v) is 2.30. The number of rotatable bonds is 4. The SMILES string of the molecule is COc1ccc(-n2nc(C(=O)O)c(C3CC3)cc2=O)c(F)c1. The van der Waals surface area contributed by atoms with Gasteiger partial charge < -0.3 is 9.84 Å². The van der Waals surface area contributed by atoms with Crippen LogP contribution < -0.4 is 10.3 Å². The summed E-state index contributed by atoms with van der Waals surface area (Å²) in [6, 6.07) is 5.14. The van der Waals surface area contributed by atoms with E-state index in [-0.39, 0.29) is 17.3 Å². The molecule has 1 saturated carbocycles. The van der Waals surface area contributed by atoms with Gasteiger partial charge in [0, 0.05) is 12.1 Å². The van der Waals surface area contributed by atoms with Crippen LogP contribution in [0.4, 0.5) is 4.39 Å². The first kappa shape index (κ1) is 14.2. The highest BCUT2D eigenvalue weighted by atomic mass is 19.1. The summed E-state index contributed by atoms with van der Waals surface area (Å²) >= 11 is 0. The summed E-state index contributed by atoms with van der Waals surface area (Å²) in [7, 11) is 1.39. The highest BCUT2D eigenvalue weighted by molar-refractivity contribution is 5.87. The standard InChI is InChI=1S/C15H13FN2O4/c1-22-9-4-5-12(11(16)6-9)18-13(19)7-10(8-2-3-8)14(17-18)15(20)21/h4-8H,2-3H2,1H3,(H,20,21). The van der Waals surface area contributed by atoms with Gasteiger partial charge in [-0.25, -0.2) is 9.18 Å². The van der Waals surface area contributed by atoms with E-state index < -0.39 is 17.3 Å². The molecule has 0 atom stereocenters. The molecule has 1 N–H and O–H groups in total. The van der Waals surface area contributed by atoms with Gasteiger partial charge in [0.2, 0.25) is 0 Å². The molecule has 1 aromatic heterocycles. The van der Waals surface area contributed by atoms with Crippen LogP contribution in [-0.2, 0) is 0 Å². The Labute approximate surface area is 124 Å². The van der Waals surface area contributed by atoms with Crippen LogP contribution in [0.2, 0.25) is 0 Å². The molecule has 0 saturated heterocycles. The smallest absolute Gasteiger partial charge is 0.356 e. The summed E-state index contributed by atoms with van der Waals surface area (Å²) < 4.78 is 19.7. The molecule has 1 heterocycles. The number of hydrogen-bond acceptors (Lipinski definition) is 4. The molecule has 22 heavy (non-hydrogen) atoms. The van der Waals surface area contributed by atoms with Gasteiger partial charge in [-0.2, -0.15) is 9.78 Å². The van der Waals surface area contributed by atoms with E-state index in [2.05, 4.69) is 5.10 Å². The highest BCUT2D eigenvalue weighted by Crippen LogP contribution is 2.40. The maximum absolute atomic E-state index is 14.1. The summed E-state index contributed by atoms with van der Waals surface area (Å²) in [4.78, 5) is 23.5. The Morgan fingerprint density at radius 1 is 1.41 bits per heavy atom. The van der Waals surface area contributed by atoms with Crippen molar-refractivity contribution in [3.63, 3.8) is 0 Å². The van der Waals surface area contributed by atoms with E-state index in [0.29, 0.717) is 11.3 Å². The lowest BCUT2D eigenvalue weighted by Gasteiger charge is -2.10. The number of carboxylic acids is 1. The lowest BCUT2D eigenvalue weighted by atomic mass is 10.1. The van der Waals surface area contributed by atoms with Crippen molar-refractivity contribution in [2.75, 3.05) is 7.11 Å². The number of carboxylic acid groups (broad SMARTS) is 1. The second-order valence-corrected chi connectivity index (χ2v) is 5.10. The van der Waals surface area contributed by atoms with Gasteiger partial charge in [-0.15, -0.1) is 0 Å². The Bertz CT molecular complexity index is 812. The van der Waals surface area contributed by atoms with Gasteiger partial charge >= 0.3 is 5.97 Å². The Balaban J connectivity index is 2.17. The van der Waals surface area contributed by atoms with E-state index in [1.165, 1.54) is 25.3 Å². The lowest BCUT2D eigenvalue weighted by molar-refractivity contribution is 0.0686. The van der Waals surface area contributed by atoms with Crippen molar-refractivity contribution in [2.24, 2.45) is 0 Å². The number of nitrogens with zero attached hydrogens (tertiary/aromatic N) is 2. The first-order chi connectivity index (χ1) is 10.5. The van der Waals surface area contributed by atoms with Crippen LogP contribution in [0, 0.1) is 5.82 Å². The quantitative estimate of drug-likeness (QED) is 0.933. The number of aromatic carboxylic acids is 1. The lowest BCUT2D eigenvalue weighted by Crippen LogP contribution is -2.25. The zero-order valence-corrected chi connectivity index (χ0v) is 11.7. The zero-order chi connectivity index (χ0) is 15.9. The fourth-order valence-electron chi connectivity index (χ4n) is 2.30. The van der Waals surface area contributed by atoms with Crippen molar-refractivity contribution < 1.29 is 19.0 Å². The fraction of sp³-hybridized carbons (Fsp3) is 0.267. The number of aromatic nitrogens is 2. The van der Waals surface area contributed by atoms with Crippen molar-refractivity contribution in [2.45, 2.75) is 18.8 Å². The Morgan fingerprint density at radius 3 is 2.68 bits per heavy atom. The Kier molecular flexibility index (Phi) is 3.40. The molecule has 0 spiro atoms. The molecule has 2 aromatic rings. The largest absolute Gasteiger partial charge is 0.497 e. The maximum atomic E-state index is 14.1. The molecule has 1 aromatic carbocycles. The molecule has 0 bridgehead atoms. The molecule has 3 rings (SSSR count). The van der Waals surface area contributed by atoms with Crippen molar-refractivity contribution in [1.82, 2.24) is 9.78 Å². The van der Waals surface area contributed by atoms with Gasteiger partial charge in [0.05, 0.1) is 7.11 Å². The number of halogens is 1. The topological polar surface area (TPSA) is 81.4 Å². The van der Waals surface area contributed by atoms with E-state index in [0.717, 1.165) is 23.6 Å². The van der Waals surface area contributed by atoms with Crippen molar-refractivity contribution in [3.05, 3.63) is 51.7 Å². The number of methoxy groups -OCH3 is 1. The normalized spacial score (nSPS) is 13.9. The summed E-state index contributed by atoms with van der Waals surface area (Å²) in [5, 5.41) is 13.1. The first-order valence-electron chi connectivity index (χ1n) is 6.72. The van der Waals surface area contributed by atoms with Crippen molar-refractivity contribution in [3.8, 4) is 11.4 Å². The molecule has 6 nitrogen and oxygen atoms in total. The van der Waals surface area contributed by atoms with E-state index in [1.54, 1.807) is 0 Å². The van der Waals surface area contributed by atoms with Crippen molar-refractivity contribution in [1.29, 1.82) is 0 Å². The zero-order valence-electron chi connectivity index (χ0n) is 11.7. The number of ether oxygens (including phenoxy) is 1. The molecule has 0 aliphatic heterocycles. The number of benzene rings is 1. The van der Waals surface area contributed by atoms with Crippen LogP contribution in [0.3, 0.4) is 0 Å². The molecule has 0 amide bonds. The van der Waals surface area contributed by atoms with E-state index in [4.69, 9.17) is 4.74 Å². The van der Waals surface area contributed by atoms with Gasteiger partial charge in [0.1, 0.15) is 11.4 Å². The molecule has 0 radical (unpaired) electrons. The second kappa shape index (κ2) is 5.25. The third kappa shape index (κ3) is 2.45. The van der Waals surface area contributed by atoms with Crippen LogP contribution in [0.15, 0.2) is 29.1 Å². The Hall–Kier alpha value is -2.70. The second-order valence-electron chi connectivity index (χ2n) is 5.10. The summed E-state index contributed by atoms with van der Waals surface area (Å²) in [5.41, 5.74) is -0.466. The first-order valence-corrected chi connectivity index (χ1v) is 6.72. The van der Waals surface area contributed by atoms with Gasteiger partial charge in [-0.3, -0.25) is 4.79 Å². The van der Waals surface area contributed by atoms with Gasteiger partial charge in [-0.05, 0) is 36.5 Å². The molecular formula is C15H13FN2O4. The predicted molar refractivity (Wildman–Crippen MR) is 75.3 cm³/mol. The average Bonchev–Trinajstić information content (AvgIpc) is 3.31. The molecular weight excluding hydrogens is 291 g/mol. The molecule has 0 unspecified atom stereocenters. The molecule has 114 valence electrons. The van der Waals surface area contributed by atoms with E-state index in [1.807, 2.05) is 0 Å². The van der Waals surface area contributed by atoms with Gasteiger partial charge in [-0.1, -0.05) is 0 Å². The van der Waals surface area contributed by atoms with Crippen LogP contribution in [0.25, 0.3) is 5.69 Å². The van der Waals surface area contributed by atoms with Crippen molar-refractivity contribution >= 4 is 5.97 Å². The maximum Gasteiger partial charge on any atom is 0.356 e. The summed E-state index contributed by atoms with van der Waals surface area (Å²) in [6.07, 6.45) is 1.67. The minimum atomic E-state index is -1.23. The monoisotopic (exact) mass is 304 g/mol. The number of carbonyl (C=O) groups is 1. The highest BCUT2D eigenvalue weighted by Gasteiger charge is 2.30. The summed E-state index contributed by atoms with van der Waals surface area (Å²) in [5.74, 6) is -1.60. The third-order valence-electron chi connectivity index (χ3n) is 3.56. The van der Waals surface area contributed by atoms with Crippen LogP contribution >= 0.6 is 0 Å². The third-order valence-corrected chi connectivity index (χ3v) is 3.56. The van der Waals surface area contributed by atoms with Gasteiger partial charge in [0.25, 0.3) is 5.56 Å². The molecule has 1 aliphatic rings. The molecule has 7 heteroatoms. The molecule has 1 aliphatic carbocycles. The summed E-state index contributed by atoms with van der Waals surface area (Å²) in [6.45, 7) is 0. The average molecular weight is 304 g/mol. The minimum absolute atomic E-state index is 0.0571. The van der Waals surface area contributed by atoms with Crippen LogP contribution in [0.1, 0.15) is 34.8 Å². The van der Waals surface area contributed by atoms with Crippen LogP contribution in [-0.4, -0.2) is 28.0 Å². The predicted octanol–water partition coefficient (Wildman–Crippen LogP) is 1.96. The Morgan fingerprint density at radius 2 is 2.14 bits per heavy atom.